The first-order valence-electron chi connectivity index (χ1n) is 11.0. The van der Waals surface area contributed by atoms with Gasteiger partial charge in [-0.15, -0.1) is 0 Å². The fourth-order valence-corrected chi connectivity index (χ4v) is 3.34. The molecular weight excluding hydrogens is 388 g/mol. The van der Waals surface area contributed by atoms with Crippen molar-refractivity contribution in [1.82, 2.24) is 10.2 Å². The first-order valence-corrected chi connectivity index (χ1v) is 11.0. The molecule has 0 fully saturated rings. The molecular formula is C26H36N2O3. The molecule has 2 aromatic carbocycles. The largest absolute Gasteiger partial charge is 0.484 e. The maximum atomic E-state index is 13.2. The summed E-state index contributed by atoms with van der Waals surface area (Å²) in [5.41, 5.74) is 4.40. The summed E-state index contributed by atoms with van der Waals surface area (Å²) < 4.78 is 5.80. The summed E-state index contributed by atoms with van der Waals surface area (Å²) in [5, 5.41) is 2.98. The number of carbonyl (C=O) groups is 2. The van der Waals surface area contributed by atoms with Crippen LogP contribution in [0.5, 0.6) is 5.75 Å². The highest BCUT2D eigenvalue weighted by Crippen LogP contribution is 2.18. The summed E-state index contributed by atoms with van der Waals surface area (Å²) in [6.07, 6.45) is 0.533. The van der Waals surface area contributed by atoms with E-state index in [0.717, 1.165) is 16.7 Å². The van der Waals surface area contributed by atoms with Crippen LogP contribution in [0.2, 0.25) is 0 Å². The monoisotopic (exact) mass is 424 g/mol. The van der Waals surface area contributed by atoms with E-state index in [1.807, 2.05) is 70.2 Å². The number of hydrogen-bond donors (Lipinski definition) is 1. The van der Waals surface area contributed by atoms with E-state index < -0.39 is 6.04 Å². The van der Waals surface area contributed by atoms with Gasteiger partial charge in [-0.1, -0.05) is 51.1 Å². The summed E-state index contributed by atoms with van der Waals surface area (Å²) in [5.74, 6) is 0.678. The van der Waals surface area contributed by atoms with Crippen LogP contribution in [0.1, 0.15) is 49.4 Å². The van der Waals surface area contributed by atoms with Crippen LogP contribution < -0.4 is 10.1 Å². The lowest BCUT2D eigenvalue weighted by Gasteiger charge is -2.31. The van der Waals surface area contributed by atoms with Crippen molar-refractivity contribution < 1.29 is 14.3 Å². The Bertz CT molecular complexity index is 892. The highest BCUT2D eigenvalue weighted by molar-refractivity contribution is 5.88. The SMILES string of the molecule is CCC(C(=O)NCC(C)C)N(Cc1ccccc1C)C(=O)COc1ccc(C)c(C)c1. The molecule has 1 unspecified atom stereocenters. The molecule has 0 aromatic heterocycles. The van der Waals surface area contributed by atoms with Crippen molar-refractivity contribution in [3.63, 3.8) is 0 Å². The molecule has 0 spiro atoms. The van der Waals surface area contributed by atoms with E-state index in [4.69, 9.17) is 4.74 Å². The first-order chi connectivity index (χ1) is 14.7. The van der Waals surface area contributed by atoms with E-state index in [0.29, 0.717) is 31.2 Å². The lowest BCUT2D eigenvalue weighted by atomic mass is 10.1. The Balaban J connectivity index is 2.22. The average Bonchev–Trinajstić information content (AvgIpc) is 2.74. The second-order valence-corrected chi connectivity index (χ2v) is 8.55. The maximum Gasteiger partial charge on any atom is 0.261 e. The van der Waals surface area contributed by atoms with Gasteiger partial charge in [0.1, 0.15) is 11.8 Å². The summed E-state index contributed by atoms with van der Waals surface area (Å²) in [7, 11) is 0. The van der Waals surface area contributed by atoms with E-state index in [2.05, 4.69) is 19.2 Å². The molecule has 0 saturated carbocycles. The number of amides is 2. The molecule has 2 aromatic rings. The van der Waals surface area contributed by atoms with Crippen molar-refractivity contribution in [2.75, 3.05) is 13.2 Å². The molecule has 2 amide bonds. The fraction of sp³-hybridized carbons (Fsp3) is 0.462. The Morgan fingerprint density at radius 2 is 1.71 bits per heavy atom. The first kappa shape index (κ1) is 24.4. The second kappa shape index (κ2) is 11.5. The predicted molar refractivity (Wildman–Crippen MR) is 125 cm³/mol. The van der Waals surface area contributed by atoms with E-state index in [-0.39, 0.29) is 18.4 Å². The molecule has 0 aliphatic rings. The second-order valence-electron chi connectivity index (χ2n) is 8.55. The number of hydrogen-bond acceptors (Lipinski definition) is 3. The molecule has 0 bridgehead atoms. The van der Waals surface area contributed by atoms with Gasteiger partial charge in [0.2, 0.25) is 5.91 Å². The Hall–Kier alpha value is -2.82. The van der Waals surface area contributed by atoms with Gasteiger partial charge in [0, 0.05) is 13.1 Å². The van der Waals surface area contributed by atoms with Crippen LogP contribution in [-0.2, 0) is 16.1 Å². The van der Waals surface area contributed by atoms with Crippen LogP contribution in [-0.4, -0.2) is 35.9 Å². The van der Waals surface area contributed by atoms with Gasteiger partial charge < -0.3 is 15.0 Å². The number of nitrogens with one attached hydrogen (secondary N) is 1. The summed E-state index contributed by atoms with van der Waals surface area (Å²) in [4.78, 5) is 27.8. The number of rotatable bonds is 10. The number of aryl methyl sites for hydroxylation is 3. The predicted octanol–water partition coefficient (Wildman–Crippen LogP) is 4.57. The molecule has 1 atom stereocenters. The Labute approximate surface area is 186 Å². The molecule has 31 heavy (non-hydrogen) atoms. The van der Waals surface area contributed by atoms with Gasteiger partial charge in [0.25, 0.3) is 5.91 Å². The van der Waals surface area contributed by atoms with Gasteiger partial charge in [0.15, 0.2) is 6.61 Å². The van der Waals surface area contributed by atoms with Crippen LogP contribution in [0.25, 0.3) is 0 Å². The van der Waals surface area contributed by atoms with E-state index in [1.165, 1.54) is 5.56 Å². The van der Waals surface area contributed by atoms with Crippen molar-refractivity contribution in [1.29, 1.82) is 0 Å². The third kappa shape index (κ3) is 7.12. The standard InChI is InChI=1S/C26H36N2O3/c1-7-24(26(30)27-15-18(2)3)28(16-22-11-9-8-10-20(22)5)25(29)17-31-23-13-12-19(4)21(6)14-23/h8-14,18,24H,7,15-17H2,1-6H3,(H,27,30). The molecule has 0 radical (unpaired) electrons. The van der Waals surface area contributed by atoms with Crippen molar-refractivity contribution in [3.8, 4) is 5.75 Å². The smallest absolute Gasteiger partial charge is 0.261 e. The number of carbonyl (C=O) groups excluding carboxylic acids is 2. The van der Waals surface area contributed by atoms with Gasteiger partial charge in [-0.05, 0) is 67.5 Å². The Morgan fingerprint density at radius 1 is 1.00 bits per heavy atom. The Kier molecular flexibility index (Phi) is 9.10. The molecule has 0 heterocycles. The number of ether oxygens (including phenoxy) is 1. The topological polar surface area (TPSA) is 58.6 Å². The zero-order valence-electron chi connectivity index (χ0n) is 19.7. The van der Waals surface area contributed by atoms with Gasteiger partial charge >= 0.3 is 0 Å². The van der Waals surface area contributed by atoms with E-state index >= 15 is 0 Å². The molecule has 0 aliphatic heterocycles. The minimum Gasteiger partial charge on any atom is -0.484 e. The van der Waals surface area contributed by atoms with E-state index in [1.54, 1.807) is 4.90 Å². The van der Waals surface area contributed by atoms with Crippen LogP contribution in [0.15, 0.2) is 42.5 Å². The van der Waals surface area contributed by atoms with Gasteiger partial charge in [-0.2, -0.15) is 0 Å². The number of benzene rings is 2. The molecule has 0 aliphatic carbocycles. The third-order valence-electron chi connectivity index (χ3n) is 5.51. The zero-order chi connectivity index (χ0) is 23.0. The van der Waals surface area contributed by atoms with E-state index in [9.17, 15) is 9.59 Å². The van der Waals surface area contributed by atoms with Crippen LogP contribution in [0.3, 0.4) is 0 Å². The maximum absolute atomic E-state index is 13.2. The molecule has 168 valence electrons. The fourth-order valence-electron chi connectivity index (χ4n) is 3.34. The van der Waals surface area contributed by atoms with Crippen LogP contribution in [0, 0.1) is 26.7 Å². The molecule has 0 saturated heterocycles. The normalized spacial score (nSPS) is 11.8. The molecule has 1 N–H and O–H groups in total. The van der Waals surface area contributed by atoms with Gasteiger partial charge in [0.05, 0.1) is 0 Å². The average molecular weight is 425 g/mol. The molecule has 5 nitrogen and oxygen atoms in total. The number of nitrogens with zero attached hydrogens (tertiary/aromatic N) is 1. The van der Waals surface area contributed by atoms with Gasteiger partial charge in [-0.3, -0.25) is 9.59 Å². The minimum atomic E-state index is -0.547. The summed E-state index contributed by atoms with van der Waals surface area (Å²) >= 11 is 0. The lowest BCUT2D eigenvalue weighted by molar-refractivity contribution is -0.143. The molecule has 5 heteroatoms. The van der Waals surface area contributed by atoms with Crippen molar-refractivity contribution >= 4 is 11.8 Å². The van der Waals surface area contributed by atoms with Crippen molar-refractivity contribution in [2.24, 2.45) is 5.92 Å². The highest BCUT2D eigenvalue weighted by atomic mass is 16.5. The van der Waals surface area contributed by atoms with Gasteiger partial charge in [-0.25, -0.2) is 0 Å². The summed E-state index contributed by atoms with van der Waals surface area (Å²) in [6.45, 7) is 12.9. The third-order valence-corrected chi connectivity index (χ3v) is 5.51. The van der Waals surface area contributed by atoms with Crippen LogP contribution >= 0.6 is 0 Å². The zero-order valence-corrected chi connectivity index (χ0v) is 19.7. The molecule has 2 rings (SSSR count). The summed E-state index contributed by atoms with van der Waals surface area (Å²) in [6, 6.07) is 13.2. The highest BCUT2D eigenvalue weighted by Gasteiger charge is 2.29. The Morgan fingerprint density at radius 3 is 2.32 bits per heavy atom. The lowest BCUT2D eigenvalue weighted by Crippen LogP contribution is -2.50. The van der Waals surface area contributed by atoms with Crippen molar-refractivity contribution in [2.45, 2.75) is 60.5 Å². The van der Waals surface area contributed by atoms with Crippen LogP contribution in [0.4, 0.5) is 0 Å². The minimum absolute atomic E-state index is 0.109. The quantitative estimate of drug-likeness (QED) is 0.608. The van der Waals surface area contributed by atoms with Crippen molar-refractivity contribution in [3.05, 3.63) is 64.7 Å².